The van der Waals surface area contributed by atoms with Gasteiger partial charge in [-0.3, -0.25) is 24.6 Å². The minimum atomic E-state index is -0.572. The molecule has 1 aliphatic heterocycles. The molecule has 88 valence electrons. The Morgan fingerprint density at radius 1 is 1.35 bits per heavy atom. The van der Waals surface area contributed by atoms with Gasteiger partial charge >= 0.3 is 0 Å². The number of amides is 1. The number of hydrogen-bond acceptors (Lipinski definition) is 4. The highest BCUT2D eigenvalue weighted by Crippen LogP contribution is 2.33. The summed E-state index contributed by atoms with van der Waals surface area (Å²) in [5.74, 6) is -0.638. The zero-order valence-electron chi connectivity index (χ0n) is 8.55. The molecule has 2 rings (SSSR count). The topological polar surface area (TPSA) is 80.5 Å². The second kappa shape index (κ2) is 4.25. The van der Waals surface area contributed by atoms with Gasteiger partial charge in [0.2, 0.25) is 5.91 Å². The van der Waals surface area contributed by atoms with E-state index in [1.165, 1.54) is 18.2 Å². The zero-order valence-corrected chi connectivity index (χ0v) is 10.1. The van der Waals surface area contributed by atoms with Gasteiger partial charge in [0.1, 0.15) is 5.69 Å². The molecule has 0 atom stereocenters. The molecule has 0 radical (unpaired) electrons. The third-order valence-electron chi connectivity index (χ3n) is 2.41. The second-order valence-corrected chi connectivity index (χ2v) is 4.50. The van der Waals surface area contributed by atoms with E-state index in [1.54, 1.807) is 0 Å². The summed E-state index contributed by atoms with van der Waals surface area (Å²) >= 11 is 3.18. The first-order valence-electron chi connectivity index (χ1n) is 4.75. The lowest BCUT2D eigenvalue weighted by Gasteiger charge is -2.14. The third kappa shape index (κ3) is 2.19. The number of nitro benzene ring substituents is 1. The van der Waals surface area contributed by atoms with Gasteiger partial charge in [-0.2, -0.15) is 0 Å². The maximum Gasteiger partial charge on any atom is 0.293 e. The number of hydrogen-bond donors (Lipinski definition) is 0. The monoisotopic (exact) mass is 298 g/mol. The average Bonchev–Trinajstić information content (AvgIpc) is 2.57. The molecule has 1 amide bonds. The van der Waals surface area contributed by atoms with E-state index in [0.29, 0.717) is 4.47 Å². The van der Waals surface area contributed by atoms with Crippen LogP contribution in [0, 0.1) is 10.1 Å². The van der Waals surface area contributed by atoms with Crippen LogP contribution in [0.5, 0.6) is 0 Å². The van der Waals surface area contributed by atoms with Crippen LogP contribution in [0.15, 0.2) is 22.7 Å². The van der Waals surface area contributed by atoms with E-state index in [4.69, 9.17) is 0 Å². The van der Waals surface area contributed by atoms with Crippen molar-refractivity contribution in [2.45, 2.75) is 6.42 Å². The van der Waals surface area contributed by atoms with Crippen LogP contribution >= 0.6 is 15.9 Å². The zero-order chi connectivity index (χ0) is 12.6. The van der Waals surface area contributed by atoms with E-state index in [0.717, 1.165) is 4.90 Å². The first kappa shape index (κ1) is 11.7. The number of halogens is 1. The summed E-state index contributed by atoms with van der Waals surface area (Å²) < 4.78 is 0.616. The Hall–Kier alpha value is -1.76. The Labute approximate surface area is 104 Å². The van der Waals surface area contributed by atoms with Gasteiger partial charge < -0.3 is 0 Å². The highest BCUT2D eigenvalue weighted by Gasteiger charge is 2.32. The summed E-state index contributed by atoms with van der Waals surface area (Å²) in [6.07, 6.45) is -0.191. The Kier molecular flexibility index (Phi) is 2.93. The lowest BCUT2D eigenvalue weighted by Crippen LogP contribution is -2.25. The molecule has 0 aliphatic carbocycles. The van der Waals surface area contributed by atoms with Crippen LogP contribution in [0.2, 0.25) is 0 Å². The van der Waals surface area contributed by atoms with Gasteiger partial charge in [0.15, 0.2) is 5.78 Å². The molecule has 0 aromatic heterocycles. The van der Waals surface area contributed by atoms with Gasteiger partial charge in [0.25, 0.3) is 5.69 Å². The summed E-state index contributed by atoms with van der Waals surface area (Å²) in [6.45, 7) is -0.101. The molecule has 17 heavy (non-hydrogen) atoms. The van der Waals surface area contributed by atoms with E-state index in [9.17, 15) is 19.7 Å². The maximum atomic E-state index is 11.5. The van der Waals surface area contributed by atoms with Gasteiger partial charge in [-0.25, -0.2) is 0 Å². The van der Waals surface area contributed by atoms with Crippen LogP contribution in [-0.2, 0) is 9.59 Å². The van der Waals surface area contributed by atoms with Crippen molar-refractivity contribution in [1.29, 1.82) is 0 Å². The fraction of sp³-hybridized carbons (Fsp3) is 0.200. The van der Waals surface area contributed by atoms with Crippen molar-refractivity contribution in [3.63, 3.8) is 0 Å². The quantitative estimate of drug-likeness (QED) is 0.472. The van der Waals surface area contributed by atoms with Crippen molar-refractivity contribution in [3.05, 3.63) is 32.8 Å². The molecule has 1 aromatic rings. The summed E-state index contributed by atoms with van der Waals surface area (Å²) in [4.78, 5) is 34.1. The maximum absolute atomic E-state index is 11.5. The molecule has 1 heterocycles. The first-order chi connectivity index (χ1) is 7.99. The number of carbonyl (C=O) groups excluding carboxylic acids is 2. The molecular weight excluding hydrogens is 292 g/mol. The third-order valence-corrected chi connectivity index (χ3v) is 2.90. The summed E-state index contributed by atoms with van der Waals surface area (Å²) in [7, 11) is 0. The van der Waals surface area contributed by atoms with Gasteiger partial charge in [-0.15, -0.1) is 0 Å². The molecule has 0 spiro atoms. The summed E-state index contributed by atoms with van der Waals surface area (Å²) in [5.41, 5.74) is -0.0310. The van der Waals surface area contributed by atoms with Crippen molar-refractivity contribution < 1.29 is 14.5 Å². The highest BCUT2D eigenvalue weighted by molar-refractivity contribution is 9.10. The van der Waals surface area contributed by atoms with Crippen LogP contribution in [-0.4, -0.2) is 23.2 Å². The van der Waals surface area contributed by atoms with Crippen LogP contribution in [0.25, 0.3) is 0 Å². The van der Waals surface area contributed by atoms with Crippen LogP contribution in [0.4, 0.5) is 11.4 Å². The predicted octanol–water partition coefficient (Wildman–Crippen LogP) is 1.66. The number of carbonyl (C=O) groups is 2. The molecule has 7 heteroatoms. The number of rotatable bonds is 2. The van der Waals surface area contributed by atoms with Crippen molar-refractivity contribution in [2.24, 2.45) is 0 Å². The molecule has 1 saturated heterocycles. The summed E-state index contributed by atoms with van der Waals surface area (Å²) in [5, 5.41) is 10.8. The van der Waals surface area contributed by atoms with Crippen LogP contribution < -0.4 is 4.90 Å². The molecule has 0 saturated carbocycles. The highest BCUT2D eigenvalue weighted by atomic mass is 79.9. The number of nitro groups is 1. The molecule has 6 nitrogen and oxygen atoms in total. The van der Waals surface area contributed by atoms with E-state index < -0.39 is 10.8 Å². The lowest BCUT2D eigenvalue weighted by molar-refractivity contribution is -0.384. The van der Waals surface area contributed by atoms with E-state index in [1.807, 2.05) is 0 Å². The average molecular weight is 299 g/mol. The molecule has 1 aliphatic rings. The summed E-state index contributed by atoms with van der Waals surface area (Å²) in [6, 6.07) is 4.29. The fourth-order valence-electron chi connectivity index (χ4n) is 1.67. The van der Waals surface area contributed by atoms with Crippen molar-refractivity contribution in [2.75, 3.05) is 11.4 Å². The standard InChI is InChI=1S/C10H7BrN2O4/c11-6-1-2-8(13(16)17)9(3-6)12-5-7(14)4-10(12)15/h1-3H,4-5H2. The smallest absolute Gasteiger partial charge is 0.293 e. The number of Topliss-reactive ketones (excluding diaryl/α,β-unsaturated/α-hetero) is 1. The first-order valence-corrected chi connectivity index (χ1v) is 5.54. The lowest BCUT2D eigenvalue weighted by atomic mass is 10.2. The Morgan fingerprint density at radius 3 is 2.59 bits per heavy atom. The SMILES string of the molecule is O=C1CC(=O)N(c2cc(Br)ccc2[N+](=O)[O-])C1. The normalized spacial score (nSPS) is 15.5. The number of ketones is 1. The minimum Gasteiger partial charge on any atom is -0.298 e. The Bertz CT molecular complexity index is 529. The largest absolute Gasteiger partial charge is 0.298 e. The Balaban J connectivity index is 2.50. The molecule has 0 bridgehead atoms. The van der Waals surface area contributed by atoms with Crippen molar-refractivity contribution in [1.82, 2.24) is 0 Å². The van der Waals surface area contributed by atoms with Gasteiger partial charge in [-0.1, -0.05) is 15.9 Å². The van der Waals surface area contributed by atoms with Crippen LogP contribution in [0.3, 0.4) is 0 Å². The second-order valence-electron chi connectivity index (χ2n) is 3.59. The van der Waals surface area contributed by atoms with E-state index in [2.05, 4.69) is 15.9 Å². The van der Waals surface area contributed by atoms with Gasteiger partial charge in [0, 0.05) is 10.5 Å². The van der Waals surface area contributed by atoms with Crippen molar-refractivity contribution >= 4 is 39.0 Å². The van der Waals surface area contributed by atoms with E-state index >= 15 is 0 Å². The molecule has 1 fully saturated rings. The van der Waals surface area contributed by atoms with Crippen LogP contribution in [0.1, 0.15) is 6.42 Å². The molecule has 0 unspecified atom stereocenters. The minimum absolute atomic E-state index is 0.101. The fourth-order valence-corrected chi connectivity index (χ4v) is 2.02. The Morgan fingerprint density at radius 2 is 2.06 bits per heavy atom. The number of benzene rings is 1. The van der Waals surface area contributed by atoms with Gasteiger partial charge in [-0.05, 0) is 12.1 Å². The molecule has 0 N–H and O–H groups in total. The molecule has 1 aromatic carbocycles. The molecular formula is C10H7BrN2O4. The van der Waals surface area contributed by atoms with Gasteiger partial charge in [0.05, 0.1) is 17.9 Å². The number of nitrogens with zero attached hydrogens (tertiary/aromatic N) is 2. The van der Waals surface area contributed by atoms with E-state index in [-0.39, 0.29) is 30.1 Å². The number of anilines is 1. The predicted molar refractivity (Wildman–Crippen MR) is 62.8 cm³/mol. The van der Waals surface area contributed by atoms with Crippen molar-refractivity contribution in [3.8, 4) is 0 Å².